The van der Waals surface area contributed by atoms with Crippen LogP contribution in [0.5, 0.6) is 0 Å². The lowest BCUT2D eigenvalue weighted by molar-refractivity contribution is 0.380. The molecule has 1 aliphatic rings. The fourth-order valence-corrected chi connectivity index (χ4v) is 2.25. The molecule has 0 amide bonds. The molecule has 0 bridgehead atoms. The summed E-state index contributed by atoms with van der Waals surface area (Å²) in [5, 5.41) is 6.51. The van der Waals surface area contributed by atoms with Crippen LogP contribution in [0.2, 0.25) is 0 Å². The van der Waals surface area contributed by atoms with E-state index in [9.17, 15) is 0 Å². The van der Waals surface area contributed by atoms with E-state index in [4.69, 9.17) is 5.73 Å². The first-order valence-corrected chi connectivity index (χ1v) is 5.94. The second-order valence-electron chi connectivity index (χ2n) is 4.31. The zero-order chi connectivity index (χ0) is 10.0. The Kier molecular flexibility index (Phi) is 2.85. The van der Waals surface area contributed by atoms with Crippen LogP contribution in [0.3, 0.4) is 0 Å². The smallest absolute Gasteiger partial charge is 0.106 e. The van der Waals surface area contributed by atoms with E-state index in [2.05, 4.69) is 17.2 Å². The summed E-state index contributed by atoms with van der Waals surface area (Å²) < 4.78 is 0. The number of thiazole rings is 1. The van der Waals surface area contributed by atoms with Crippen molar-refractivity contribution in [2.24, 2.45) is 11.7 Å². The topological polar surface area (TPSA) is 50.9 Å². The van der Waals surface area contributed by atoms with Gasteiger partial charge in [0.25, 0.3) is 0 Å². The first-order chi connectivity index (χ1) is 6.68. The van der Waals surface area contributed by atoms with Gasteiger partial charge in [-0.1, -0.05) is 0 Å². The Balaban J connectivity index is 1.72. The van der Waals surface area contributed by atoms with Crippen molar-refractivity contribution in [2.75, 3.05) is 6.54 Å². The van der Waals surface area contributed by atoms with Crippen LogP contribution in [0.25, 0.3) is 0 Å². The molecule has 0 spiro atoms. The van der Waals surface area contributed by atoms with Crippen LogP contribution in [-0.2, 0) is 6.54 Å². The molecule has 1 saturated carbocycles. The van der Waals surface area contributed by atoms with Crippen molar-refractivity contribution in [3.8, 4) is 0 Å². The molecule has 0 aromatic carbocycles. The summed E-state index contributed by atoms with van der Waals surface area (Å²) in [7, 11) is 0. The standard InChI is InChI=1S/C10H17N3S/c1-10(11,8-2-3-8)7-12-6-9-13-4-5-14-9/h4-5,8,12H,2-3,6-7,11H2,1H3. The highest BCUT2D eigenvalue weighted by atomic mass is 32.1. The fourth-order valence-electron chi connectivity index (χ4n) is 1.67. The minimum Gasteiger partial charge on any atom is -0.324 e. The van der Waals surface area contributed by atoms with Crippen molar-refractivity contribution in [3.05, 3.63) is 16.6 Å². The van der Waals surface area contributed by atoms with E-state index in [1.54, 1.807) is 11.3 Å². The van der Waals surface area contributed by atoms with Crippen LogP contribution < -0.4 is 11.1 Å². The second-order valence-corrected chi connectivity index (χ2v) is 5.29. The normalized spacial score (nSPS) is 20.7. The average molecular weight is 211 g/mol. The van der Waals surface area contributed by atoms with Crippen LogP contribution >= 0.6 is 11.3 Å². The number of nitrogens with zero attached hydrogens (tertiary/aromatic N) is 1. The lowest BCUT2D eigenvalue weighted by atomic mass is 9.97. The number of hydrogen-bond donors (Lipinski definition) is 2. The average Bonchev–Trinajstić information content (AvgIpc) is 2.87. The molecule has 78 valence electrons. The molecule has 0 saturated heterocycles. The summed E-state index contributed by atoms with van der Waals surface area (Å²) in [4.78, 5) is 4.21. The summed E-state index contributed by atoms with van der Waals surface area (Å²) in [5.74, 6) is 0.728. The molecular formula is C10H17N3S. The third-order valence-electron chi connectivity index (χ3n) is 2.78. The lowest BCUT2D eigenvalue weighted by Crippen LogP contribution is -2.47. The molecule has 1 aliphatic carbocycles. The first-order valence-electron chi connectivity index (χ1n) is 5.06. The molecule has 3 nitrogen and oxygen atoms in total. The summed E-state index contributed by atoms with van der Waals surface area (Å²) in [6.45, 7) is 3.87. The highest BCUT2D eigenvalue weighted by Crippen LogP contribution is 2.37. The van der Waals surface area contributed by atoms with E-state index < -0.39 is 0 Å². The largest absolute Gasteiger partial charge is 0.324 e. The monoisotopic (exact) mass is 211 g/mol. The molecule has 0 radical (unpaired) electrons. The predicted molar refractivity (Wildman–Crippen MR) is 59.1 cm³/mol. The third-order valence-corrected chi connectivity index (χ3v) is 3.56. The molecule has 14 heavy (non-hydrogen) atoms. The molecule has 2 rings (SSSR count). The van der Waals surface area contributed by atoms with E-state index in [0.29, 0.717) is 0 Å². The molecular weight excluding hydrogens is 194 g/mol. The van der Waals surface area contributed by atoms with Gasteiger partial charge in [-0.3, -0.25) is 0 Å². The van der Waals surface area contributed by atoms with Gasteiger partial charge in [-0.25, -0.2) is 4.98 Å². The minimum atomic E-state index is -0.0305. The maximum Gasteiger partial charge on any atom is 0.106 e. The SMILES string of the molecule is CC(N)(CNCc1nccs1)C1CC1. The third kappa shape index (κ3) is 2.53. The van der Waals surface area contributed by atoms with Crippen molar-refractivity contribution >= 4 is 11.3 Å². The summed E-state index contributed by atoms with van der Waals surface area (Å²) in [6.07, 6.45) is 4.43. The number of nitrogens with one attached hydrogen (secondary N) is 1. The van der Waals surface area contributed by atoms with Gasteiger partial charge in [0, 0.05) is 30.2 Å². The molecule has 3 N–H and O–H groups in total. The highest BCUT2D eigenvalue weighted by molar-refractivity contribution is 7.09. The Morgan fingerprint density at radius 3 is 3.07 bits per heavy atom. The second kappa shape index (κ2) is 3.96. The summed E-state index contributed by atoms with van der Waals surface area (Å²) in [6, 6.07) is 0. The number of aromatic nitrogens is 1. The molecule has 1 aromatic rings. The van der Waals surface area contributed by atoms with Gasteiger partial charge in [0.15, 0.2) is 0 Å². The predicted octanol–water partition coefficient (Wildman–Crippen LogP) is 1.36. The molecule has 1 unspecified atom stereocenters. The molecule has 0 aliphatic heterocycles. The quantitative estimate of drug-likeness (QED) is 0.773. The van der Waals surface area contributed by atoms with Crippen molar-refractivity contribution in [1.82, 2.24) is 10.3 Å². The van der Waals surface area contributed by atoms with Gasteiger partial charge in [-0.2, -0.15) is 0 Å². The van der Waals surface area contributed by atoms with E-state index in [1.807, 2.05) is 11.6 Å². The first kappa shape index (κ1) is 10.1. The number of nitrogens with two attached hydrogens (primary N) is 1. The Morgan fingerprint density at radius 1 is 1.71 bits per heavy atom. The van der Waals surface area contributed by atoms with Crippen LogP contribution in [-0.4, -0.2) is 17.1 Å². The molecule has 4 heteroatoms. The molecule has 1 fully saturated rings. The van der Waals surface area contributed by atoms with Crippen LogP contribution in [0, 0.1) is 5.92 Å². The van der Waals surface area contributed by atoms with Gasteiger partial charge in [-0.05, 0) is 25.7 Å². The summed E-state index contributed by atoms with van der Waals surface area (Å²) >= 11 is 1.68. The van der Waals surface area contributed by atoms with Gasteiger partial charge in [0.05, 0.1) is 0 Å². The maximum absolute atomic E-state index is 6.18. The maximum atomic E-state index is 6.18. The Labute approximate surface area is 88.7 Å². The highest BCUT2D eigenvalue weighted by Gasteiger charge is 2.37. The zero-order valence-corrected chi connectivity index (χ0v) is 9.31. The van der Waals surface area contributed by atoms with E-state index in [0.717, 1.165) is 24.0 Å². The fraction of sp³-hybridized carbons (Fsp3) is 0.700. The van der Waals surface area contributed by atoms with Gasteiger partial charge < -0.3 is 11.1 Å². The Bertz CT molecular complexity index is 278. The van der Waals surface area contributed by atoms with Crippen LogP contribution in [0.1, 0.15) is 24.8 Å². The van der Waals surface area contributed by atoms with Gasteiger partial charge in [-0.15, -0.1) is 11.3 Å². The molecule has 1 heterocycles. The van der Waals surface area contributed by atoms with E-state index in [1.165, 1.54) is 12.8 Å². The van der Waals surface area contributed by atoms with Gasteiger partial charge in [0.1, 0.15) is 5.01 Å². The number of rotatable bonds is 5. The minimum absolute atomic E-state index is 0.0305. The van der Waals surface area contributed by atoms with E-state index in [-0.39, 0.29) is 5.54 Å². The zero-order valence-electron chi connectivity index (χ0n) is 8.49. The van der Waals surface area contributed by atoms with Crippen LogP contribution in [0.15, 0.2) is 11.6 Å². The van der Waals surface area contributed by atoms with Crippen molar-refractivity contribution in [3.63, 3.8) is 0 Å². The summed E-state index contributed by atoms with van der Waals surface area (Å²) in [5.41, 5.74) is 6.15. The molecule has 1 aromatic heterocycles. The van der Waals surface area contributed by atoms with Crippen molar-refractivity contribution in [1.29, 1.82) is 0 Å². The lowest BCUT2D eigenvalue weighted by Gasteiger charge is -2.24. The van der Waals surface area contributed by atoms with Gasteiger partial charge in [0.2, 0.25) is 0 Å². The van der Waals surface area contributed by atoms with Crippen molar-refractivity contribution < 1.29 is 0 Å². The van der Waals surface area contributed by atoms with E-state index >= 15 is 0 Å². The molecule has 1 atom stereocenters. The van der Waals surface area contributed by atoms with Crippen LogP contribution in [0.4, 0.5) is 0 Å². The Hall–Kier alpha value is -0.450. The Morgan fingerprint density at radius 2 is 2.50 bits per heavy atom. The van der Waals surface area contributed by atoms with Gasteiger partial charge >= 0.3 is 0 Å². The number of hydrogen-bond acceptors (Lipinski definition) is 4. The van der Waals surface area contributed by atoms with Crippen molar-refractivity contribution in [2.45, 2.75) is 31.8 Å².